The van der Waals surface area contributed by atoms with Crippen LogP contribution in [0.3, 0.4) is 0 Å². The number of hydrogen-bond acceptors (Lipinski definition) is 4. The molecule has 2 rings (SSSR count). The first-order chi connectivity index (χ1) is 7.52. The van der Waals surface area contributed by atoms with Crippen molar-refractivity contribution in [2.24, 2.45) is 5.14 Å². The highest BCUT2D eigenvalue weighted by Crippen LogP contribution is 2.31. The van der Waals surface area contributed by atoms with Gasteiger partial charge in [0.15, 0.2) is 0 Å². The number of nitrogens with two attached hydrogens (primary N) is 1. The minimum atomic E-state index is -3.73. The van der Waals surface area contributed by atoms with Crippen LogP contribution in [0.2, 0.25) is 0 Å². The highest BCUT2D eigenvalue weighted by Gasteiger charge is 2.26. The Kier molecular flexibility index (Phi) is 2.86. The van der Waals surface area contributed by atoms with E-state index in [0.29, 0.717) is 17.7 Å². The van der Waals surface area contributed by atoms with E-state index in [2.05, 4.69) is 4.98 Å². The molecule has 0 spiro atoms. The number of rotatable bonds is 4. The van der Waals surface area contributed by atoms with Gasteiger partial charge >= 0.3 is 0 Å². The molecule has 1 aliphatic rings. The van der Waals surface area contributed by atoms with Gasteiger partial charge in [0.1, 0.15) is 10.6 Å². The van der Waals surface area contributed by atoms with Crippen molar-refractivity contribution in [3.63, 3.8) is 0 Å². The smallest absolute Gasteiger partial charge is 0.239 e. The van der Waals surface area contributed by atoms with Crippen LogP contribution in [0.15, 0.2) is 17.3 Å². The highest BCUT2D eigenvalue weighted by atomic mass is 32.2. The molecule has 0 bridgehead atoms. The lowest BCUT2D eigenvalue weighted by Gasteiger charge is -2.11. The summed E-state index contributed by atoms with van der Waals surface area (Å²) in [5.41, 5.74) is 0.615. The number of pyridine rings is 1. The Balaban J connectivity index is 2.45. The summed E-state index contributed by atoms with van der Waals surface area (Å²) in [6.45, 7) is 1.86. The second kappa shape index (κ2) is 4.03. The van der Waals surface area contributed by atoms with Crippen LogP contribution in [0.5, 0.6) is 5.75 Å². The molecule has 6 heteroatoms. The first kappa shape index (κ1) is 11.3. The first-order valence-electron chi connectivity index (χ1n) is 5.18. The molecule has 2 N–H and O–H groups in total. The minimum absolute atomic E-state index is 0.0631. The Hall–Kier alpha value is -1.14. The fourth-order valence-corrected chi connectivity index (χ4v) is 2.31. The van der Waals surface area contributed by atoms with Crippen molar-refractivity contribution in [3.05, 3.63) is 18.0 Å². The fourth-order valence-electron chi connectivity index (χ4n) is 1.51. The zero-order valence-corrected chi connectivity index (χ0v) is 9.83. The van der Waals surface area contributed by atoms with Crippen LogP contribution >= 0.6 is 0 Å². The molecule has 16 heavy (non-hydrogen) atoms. The predicted octanol–water partition coefficient (Wildman–Crippen LogP) is 0.833. The summed E-state index contributed by atoms with van der Waals surface area (Å²) in [6, 6.07) is 0. The fraction of sp³-hybridized carbons (Fsp3) is 0.500. The molecule has 0 radical (unpaired) electrons. The first-order valence-corrected chi connectivity index (χ1v) is 6.73. The third-order valence-corrected chi connectivity index (χ3v) is 3.42. The van der Waals surface area contributed by atoms with E-state index in [9.17, 15) is 8.42 Å². The Morgan fingerprint density at radius 1 is 1.50 bits per heavy atom. The second-order valence-electron chi connectivity index (χ2n) is 3.83. The maximum absolute atomic E-state index is 11.3. The van der Waals surface area contributed by atoms with Crippen LogP contribution in [-0.4, -0.2) is 19.5 Å². The summed E-state index contributed by atoms with van der Waals surface area (Å²) in [7, 11) is -3.73. The number of ether oxygens (including phenoxy) is 1. The molecule has 88 valence electrons. The lowest BCUT2D eigenvalue weighted by atomic mass is 10.2. The zero-order valence-electron chi connectivity index (χ0n) is 9.01. The van der Waals surface area contributed by atoms with Crippen LogP contribution < -0.4 is 9.88 Å². The van der Waals surface area contributed by atoms with Crippen LogP contribution in [0, 0.1) is 0 Å². The number of primary sulfonamides is 1. The average molecular weight is 242 g/mol. The van der Waals surface area contributed by atoms with E-state index >= 15 is 0 Å². The topological polar surface area (TPSA) is 82.3 Å². The molecule has 1 aliphatic carbocycles. The molecule has 1 aromatic rings. The molecule has 0 saturated heterocycles. The van der Waals surface area contributed by atoms with Crippen molar-refractivity contribution in [3.8, 4) is 5.75 Å². The van der Waals surface area contributed by atoms with Gasteiger partial charge in [0.25, 0.3) is 0 Å². The summed E-state index contributed by atoms with van der Waals surface area (Å²) < 4.78 is 28.3. The van der Waals surface area contributed by atoms with E-state index in [-0.39, 0.29) is 11.0 Å². The standard InChI is InChI=1S/C10H14N2O3S/c1-2-8-9(15-7-3-4-7)5-12-6-10(8)16(11,13)14/h5-7H,2-4H2,1H3,(H2,11,13,14). The third kappa shape index (κ3) is 2.33. The van der Waals surface area contributed by atoms with E-state index in [1.807, 2.05) is 6.92 Å². The maximum Gasteiger partial charge on any atom is 0.239 e. The molecule has 0 unspecified atom stereocenters. The molecule has 0 aromatic carbocycles. The number of sulfonamides is 1. The number of nitrogens with zero attached hydrogens (tertiary/aromatic N) is 1. The Bertz CT molecular complexity index is 495. The summed E-state index contributed by atoms with van der Waals surface area (Å²) in [5.74, 6) is 0.538. The van der Waals surface area contributed by atoms with Gasteiger partial charge in [-0.05, 0) is 19.3 Å². The molecule has 1 fully saturated rings. The molecule has 0 atom stereocenters. The molecule has 1 saturated carbocycles. The Labute approximate surface area is 94.7 Å². The number of aromatic nitrogens is 1. The maximum atomic E-state index is 11.3. The average Bonchev–Trinajstić information content (AvgIpc) is 3.00. The normalized spacial score (nSPS) is 16.1. The third-order valence-electron chi connectivity index (χ3n) is 2.46. The summed E-state index contributed by atoms with van der Waals surface area (Å²) in [4.78, 5) is 3.92. The van der Waals surface area contributed by atoms with E-state index in [1.54, 1.807) is 6.20 Å². The van der Waals surface area contributed by atoms with Gasteiger partial charge in [-0.1, -0.05) is 6.92 Å². The molecular weight excluding hydrogens is 228 g/mol. The molecule has 0 amide bonds. The summed E-state index contributed by atoms with van der Waals surface area (Å²) >= 11 is 0. The molecule has 1 heterocycles. The highest BCUT2D eigenvalue weighted by molar-refractivity contribution is 7.89. The quantitative estimate of drug-likeness (QED) is 0.847. The van der Waals surface area contributed by atoms with E-state index in [0.717, 1.165) is 12.8 Å². The van der Waals surface area contributed by atoms with Gasteiger partial charge in [-0.3, -0.25) is 4.98 Å². The SMILES string of the molecule is CCc1c(OC2CC2)cncc1S(N)(=O)=O. The van der Waals surface area contributed by atoms with Crippen molar-refractivity contribution in [2.75, 3.05) is 0 Å². The minimum Gasteiger partial charge on any atom is -0.488 e. The summed E-state index contributed by atoms with van der Waals surface area (Å²) in [6.07, 6.45) is 5.62. The number of hydrogen-bond donors (Lipinski definition) is 1. The Morgan fingerprint density at radius 2 is 2.19 bits per heavy atom. The lowest BCUT2D eigenvalue weighted by molar-refractivity contribution is 0.297. The van der Waals surface area contributed by atoms with Crippen molar-refractivity contribution in [1.82, 2.24) is 4.98 Å². The van der Waals surface area contributed by atoms with E-state index in [4.69, 9.17) is 9.88 Å². The van der Waals surface area contributed by atoms with Crippen molar-refractivity contribution in [1.29, 1.82) is 0 Å². The predicted molar refractivity (Wildman–Crippen MR) is 58.6 cm³/mol. The van der Waals surface area contributed by atoms with E-state index < -0.39 is 10.0 Å². The molecule has 1 aromatic heterocycles. The van der Waals surface area contributed by atoms with Crippen molar-refractivity contribution in [2.45, 2.75) is 37.2 Å². The van der Waals surface area contributed by atoms with Crippen LogP contribution in [-0.2, 0) is 16.4 Å². The van der Waals surface area contributed by atoms with Gasteiger partial charge in [0.05, 0.1) is 12.3 Å². The van der Waals surface area contributed by atoms with Crippen molar-refractivity contribution >= 4 is 10.0 Å². The Morgan fingerprint density at radius 3 is 2.69 bits per heavy atom. The van der Waals surface area contributed by atoms with Gasteiger partial charge in [0, 0.05) is 11.8 Å². The van der Waals surface area contributed by atoms with Gasteiger partial charge in [-0.15, -0.1) is 0 Å². The molecule has 5 nitrogen and oxygen atoms in total. The zero-order chi connectivity index (χ0) is 11.8. The monoisotopic (exact) mass is 242 g/mol. The van der Waals surface area contributed by atoms with Gasteiger partial charge < -0.3 is 4.74 Å². The largest absolute Gasteiger partial charge is 0.488 e. The van der Waals surface area contributed by atoms with Gasteiger partial charge in [0.2, 0.25) is 10.0 Å². The lowest BCUT2D eigenvalue weighted by Crippen LogP contribution is -2.16. The van der Waals surface area contributed by atoms with Crippen LogP contribution in [0.4, 0.5) is 0 Å². The summed E-state index contributed by atoms with van der Waals surface area (Å²) in [5, 5.41) is 5.13. The van der Waals surface area contributed by atoms with Gasteiger partial charge in [-0.2, -0.15) is 0 Å². The van der Waals surface area contributed by atoms with Gasteiger partial charge in [-0.25, -0.2) is 13.6 Å². The van der Waals surface area contributed by atoms with Crippen LogP contribution in [0.1, 0.15) is 25.3 Å². The molecular formula is C10H14N2O3S. The molecule has 0 aliphatic heterocycles. The van der Waals surface area contributed by atoms with E-state index in [1.165, 1.54) is 6.20 Å². The second-order valence-corrected chi connectivity index (χ2v) is 5.36. The van der Waals surface area contributed by atoms with Crippen LogP contribution in [0.25, 0.3) is 0 Å². The van der Waals surface area contributed by atoms with Crippen molar-refractivity contribution < 1.29 is 13.2 Å².